The Balaban J connectivity index is 2.95. The van der Waals surface area contributed by atoms with Crippen molar-refractivity contribution in [2.24, 2.45) is 5.41 Å². The summed E-state index contributed by atoms with van der Waals surface area (Å²) in [6.45, 7) is 10.7. The van der Waals surface area contributed by atoms with Gasteiger partial charge in [0.15, 0.2) is 0 Å². The summed E-state index contributed by atoms with van der Waals surface area (Å²) in [5, 5.41) is 2.84. The number of amides is 1. The second kappa shape index (κ2) is 8.62. The van der Waals surface area contributed by atoms with Crippen molar-refractivity contribution in [2.75, 3.05) is 18.4 Å². The Labute approximate surface area is 146 Å². The molecule has 1 N–H and O–H groups in total. The average Bonchev–Trinajstić information content (AvgIpc) is 2.55. The molecule has 24 heavy (non-hydrogen) atoms. The zero-order chi connectivity index (χ0) is 18.4. The number of nitrogens with one attached hydrogen (secondary N) is 1. The third kappa shape index (κ3) is 5.05. The summed E-state index contributed by atoms with van der Waals surface area (Å²) >= 11 is 0. The fourth-order valence-electron chi connectivity index (χ4n) is 2.17. The maximum absolute atomic E-state index is 12.7. The number of rotatable bonds is 9. The minimum atomic E-state index is -3.48. The van der Waals surface area contributed by atoms with Gasteiger partial charge in [-0.05, 0) is 43.5 Å². The normalized spacial score (nSPS) is 12.4. The second-order valence-corrected chi connectivity index (χ2v) is 8.56. The van der Waals surface area contributed by atoms with E-state index in [0.717, 1.165) is 19.3 Å². The van der Waals surface area contributed by atoms with Crippen LogP contribution in [0.3, 0.4) is 0 Å². The minimum Gasteiger partial charge on any atom is -0.326 e. The molecular formula is C18H30N2O3S. The summed E-state index contributed by atoms with van der Waals surface area (Å²) in [6, 6.07) is 6.41. The van der Waals surface area contributed by atoms with Gasteiger partial charge >= 0.3 is 0 Å². The van der Waals surface area contributed by atoms with E-state index in [1.807, 2.05) is 34.6 Å². The van der Waals surface area contributed by atoms with Gasteiger partial charge in [-0.3, -0.25) is 4.79 Å². The largest absolute Gasteiger partial charge is 0.326 e. The molecule has 6 heteroatoms. The van der Waals surface area contributed by atoms with Gasteiger partial charge in [-0.15, -0.1) is 0 Å². The molecule has 0 unspecified atom stereocenters. The Morgan fingerprint density at radius 2 is 1.54 bits per heavy atom. The highest BCUT2D eigenvalue weighted by atomic mass is 32.2. The Kier molecular flexibility index (Phi) is 7.42. The lowest BCUT2D eigenvalue weighted by Crippen LogP contribution is -2.32. The molecule has 0 aliphatic carbocycles. The Morgan fingerprint density at radius 1 is 1.04 bits per heavy atom. The smallest absolute Gasteiger partial charge is 0.243 e. The molecule has 136 valence electrons. The molecule has 0 aromatic heterocycles. The topological polar surface area (TPSA) is 66.5 Å². The summed E-state index contributed by atoms with van der Waals surface area (Å²) in [6.07, 6.45) is 2.28. The highest BCUT2D eigenvalue weighted by Crippen LogP contribution is 2.24. The molecular weight excluding hydrogens is 324 g/mol. The number of carbonyl (C=O) groups is 1. The molecule has 1 rings (SSSR count). The van der Waals surface area contributed by atoms with E-state index < -0.39 is 15.4 Å². The molecule has 1 aromatic rings. The number of hydrogen-bond acceptors (Lipinski definition) is 3. The quantitative estimate of drug-likeness (QED) is 0.732. The van der Waals surface area contributed by atoms with E-state index in [9.17, 15) is 13.2 Å². The van der Waals surface area contributed by atoms with E-state index in [-0.39, 0.29) is 10.8 Å². The first-order valence-electron chi connectivity index (χ1n) is 8.60. The molecule has 0 saturated carbocycles. The molecule has 1 amide bonds. The van der Waals surface area contributed by atoms with Crippen molar-refractivity contribution in [3.05, 3.63) is 24.3 Å². The first kappa shape index (κ1) is 20.6. The number of sulfonamides is 1. The van der Waals surface area contributed by atoms with Crippen LogP contribution in [0.5, 0.6) is 0 Å². The SMILES string of the molecule is CCCN(CCC)S(=O)(=O)c1ccc(NC(=O)C(C)(C)CC)cc1. The second-order valence-electron chi connectivity index (χ2n) is 6.62. The van der Waals surface area contributed by atoms with Crippen LogP contribution in [0.25, 0.3) is 0 Å². The van der Waals surface area contributed by atoms with Gasteiger partial charge in [-0.2, -0.15) is 4.31 Å². The zero-order valence-electron chi connectivity index (χ0n) is 15.4. The van der Waals surface area contributed by atoms with E-state index in [1.54, 1.807) is 24.3 Å². The number of nitrogens with zero attached hydrogens (tertiary/aromatic N) is 1. The predicted octanol–water partition coefficient (Wildman–Crippen LogP) is 3.87. The van der Waals surface area contributed by atoms with Crippen LogP contribution >= 0.6 is 0 Å². The molecule has 1 aromatic carbocycles. The fraction of sp³-hybridized carbons (Fsp3) is 0.611. The summed E-state index contributed by atoms with van der Waals surface area (Å²) in [4.78, 5) is 12.4. The van der Waals surface area contributed by atoms with Crippen LogP contribution in [0.15, 0.2) is 29.2 Å². The maximum Gasteiger partial charge on any atom is 0.243 e. The van der Waals surface area contributed by atoms with Gasteiger partial charge in [0.05, 0.1) is 4.90 Å². The third-order valence-corrected chi connectivity index (χ3v) is 6.11. The molecule has 5 nitrogen and oxygen atoms in total. The molecule has 0 atom stereocenters. The van der Waals surface area contributed by atoms with Gasteiger partial charge in [0.25, 0.3) is 0 Å². The lowest BCUT2D eigenvalue weighted by molar-refractivity contribution is -0.124. The van der Waals surface area contributed by atoms with Crippen molar-refractivity contribution in [3.63, 3.8) is 0 Å². The van der Waals surface area contributed by atoms with Crippen LogP contribution in [-0.4, -0.2) is 31.7 Å². The summed E-state index contributed by atoms with van der Waals surface area (Å²) in [5.74, 6) is -0.0702. The number of anilines is 1. The Bertz CT molecular complexity index is 631. The fourth-order valence-corrected chi connectivity index (χ4v) is 3.80. The van der Waals surface area contributed by atoms with E-state index in [0.29, 0.717) is 18.8 Å². The Hall–Kier alpha value is -1.40. The van der Waals surface area contributed by atoms with Gasteiger partial charge in [-0.1, -0.05) is 34.6 Å². The van der Waals surface area contributed by atoms with Crippen LogP contribution in [0.4, 0.5) is 5.69 Å². The van der Waals surface area contributed by atoms with Crippen LogP contribution in [-0.2, 0) is 14.8 Å². The van der Waals surface area contributed by atoms with E-state index in [1.165, 1.54) is 4.31 Å². The number of hydrogen-bond donors (Lipinski definition) is 1. The lowest BCUT2D eigenvalue weighted by atomic mass is 9.89. The maximum atomic E-state index is 12.7. The van der Waals surface area contributed by atoms with Crippen LogP contribution in [0, 0.1) is 5.41 Å². The van der Waals surface area contributed by atoms with Crippen LogP contribution in [0.2, 0.25) is 0 Å². The summed E-state index contributed by atoms with van der Waals surface area (Å²) in [7, 11) is -3.48. The van der Waals surface area contributed by atoms with Gasteiger partial charge < -0.3 is 5.32 Å². The van der Waals surface area contributed by atoms with Gasteiger partial charge in [0.2, 0.25) is 15.9 Å². The monoisotopic (exact) mass is 354 g/mol. The third-order valence-electron chi connectivity index (χ3n) is 4.19. The molecule has 0 bridgehead atoms. The molecule has 0 aliphatic heterocycles. The molecule has 0 aliphatic rings. The first-order chi connectivity index (χ1) is 11.2. The Morgan fingerprint density at radius 3 is 1.96 bits per heavy atom. The molecule has 0 saturated heterocycles. The van der Waals surface area contributed by atoms with Crippen molar-refractivity contribution in [3.8, 4) is 0 Å². The number of benzene rings is 1. The van der Waals surface area contributed by atoms with E-state index in [2.05, 4.69) is 5.32 Å². The van der Waals surface area contributed by atoms with Gasteiger partial charge in [0.1, 0.15) is 0 Å². The van der Waals surface area contributed by atoms with Gasteiger partial charge in [-0.25, -0.2) is 8.42 Å². The van der Waals surface area contributed by atoms with Crippen molar-refractivity contribution in [2.45, 2.75) is 58.8 Å². The average molecular weight is 355 g/mol. The molecule has 0 fully saturated rings. The summed E-state index contributed by atoms with van der Waals surface area (Å²) in [5.41, 5.74) is 0.155. The van der Waals surface area contributed by atoms with E-state index >= 15 is 0 Å². The molecule has 0 heterocycles. The van der Waals surface area contributed by atoms with Crippen molar-refractivity contribution in [1.82, 2.24) is 4.31 Å². The highest BCUT2D eigenvalue weighted by Gasteiger charge is 2.26. The molecule has 0 radical (unpaired) electrons. The predicted molar refractivity (Wildman–Crippen MR) is 98.5 cm³/mol. The van der Waals surface area contributed by atoms with E-state index in [4.69, 9.17) is 0 Å². The first-order valence-corrected chi connectivity index (χ1v) is 10.0. The van der Waals surface area contributed by atoms with Crippen molar-refractivity contribution >= 4 is 21.6 Å². The van der Waals surface area contributed by atoms with Gasteiger partial charge in [0, 0.05) is 24.2 Å². The van der Waals surface area contributed by atoms with Crippen molar-refractivity contribution < 1.29 is 13.2 Å². The minimum absolute atomic E-state index is 0.0702. The highest BCUT2D eigenvalue weighted by molar-refractivity contribution is 7.89. The molecule has 0 spiro atoms. The zero-order valence-corrected chi connectivity index (χ0v) is 16.2. The van der Waals surface area contributed by atoms with Crippen LogP contribution in [0.1, 0.15) is 53.9 Å². The lowest BCUT2D eigenvalue weighted by Gasteiger charge is -2.22. The number of carbonyl (C=O) groups excluding carboxylic acids is 1. The van der Waals surface area contributed by atoms with Crippen molar-refractivity contribution in [1.29, 1.82) is 0 Å². The standard InChI is InChI=1S/C18H30N2O3S/c1-6-13-20(14-7-2)24(22,23)16-11-9-15(10-12-16)19-17(21)18(4,5)8-3/h9-12H,6-8,13-14H2,1-5H3,(H,19,21). The van der Waals surface area contributed by atoms with Crippen LogP contribution < -0.4 is 5.32 Å². The summed E-state index contributed by atoms with van der Waals surface area (Å²) < 4.78 is 26.9.